The lowest BCUT2D eigenvalue weighted by Crippen LogP contribution is -2.44. The first-order chi connectivity index (χ1) is 16.6. The highest BCUT2D eigenvalue weighted by Crippen LogP contribution is 2.42. The smallest absolute Gasteiger partial charge is 0.432 e. The molecule has 12 nitrogen and oxygen atoms in total. The maximum Gasteiger partial charge on any atom is 0.432 e. The third-order valence-corrected chi connectivity index (χ3v) is 6.46. The number of carbonyl (C=O) groups excluding carboxylic acids is 2. The molecule has 3 heterocycles. The molecule has 0 radical (unpaired) electrons. The highest BCUT2D eigenvalue weighted by molar-refractivity contribution is 5.93. The number of hydrogen-bond donors (Lipinski definition) is 3. The van der Waals surface area contributed by atoms with E-state index in [1.807, 2.05) is 30.3 Å². The number of nitrogens with zero attached hydrogens (tertiary/aromatic N) is 4. The summed E-state index contributed by atoms with van der Waals surface area (Å²) in [5, 5.41) is 25.9. The van der Waals surface area contributed by atoms with Crippen LogP contribution in [0.1, 0.15) is 43.5 Å². The van der Waals surface area contributed by atoms with E-state index < -0.39 is 35.6 Å². The van der Waals surface area contributed by atoms with Gasteiger partial charge in [0.2, 0.25) is 5.91 Å². The van der Waals surface area contributed by atoms with Crippen molar-refractivity contribution in [3.63, 3.8) is 0 Å². The average Bonchev–Trinajstić information content (AvgIpc) is 3.33. The molecule has 0 spiro atoms. The summed E-state index contributed by atoms with van der Waals surface area (Å²) in [4.78, 5) is 51.6. The molecule has 3 N–H and O–H groups in total. The molecule has 1 atom stereocenters. The van der Waals surface area contributed by atoms with Crippen LogP contribution >= 0.6 is 0 Å². The van der Waals surface area contributed by atoms with Gasteiger partial charge in [-0.25, -0.2) is 14.4 Å². The van der Waals surface area contributed by atoms with E-state index in [2.05, 4.69) is 10.4 Å². The molecule has 12 heteroatoms. The summed E-state index contributed by atoms with van der Waals surface area (Å²) >= 11 is 0. The second-order valence-electron chi connectivity index (χ2n) is 9.11. The van der Waals surface area contributed by atoms with E-state index in [1.165, 1.54) is 4.90 Å². The van der Waals surface area contributed by atoms with Crippen LogP contribution in [-0.4, -0.2) is 67.1 Å². The van der Waals surface area contributed by atoms with E-state index in [-0.39, 0.29) is 31.2 Å². The zero-order valence-corrected chi connectivity index (χ0v) is 19.4. The van der Waals surface area contributed by atoms with Crippen LogP contribution in [0.2, 0.25) is 0 Å². The molecular formula is C23H27N5O7. The number of piperidine rings is 1. The van der Waals surface area contributed by atoms with Gasteiger partial charge in [0.1, 0.15) is 6.61 Å². The van der Waals surface area contributed by atoms with Gasteiger partial charge in [0.25, 0.3) is 0 Å². The summed E-state index contributed by atoms with van der Waals surface area (Å²) in [6.45, 7) is 3.79. The van der Waals surface area contributed by atoms with Gasteiger partial charge in [0.15, 0.2) is 5.82 Å². The molecular weight excluding hydrogens is 458 g/mol. The van der Waals surface area contributed by atoms with Gasteiger partial charge in [-0.15, -0.1) is 5.10 Å². The number of rotatable bonds is 4. The second kappa shape index (κ2) is 9.28. The van der Waals surface area contributed by atoms with Crippen LogP contribution in [0.15, 0.2) is 30.3 Å². The topological polar surface area (TPSA) is 154 Å². The van der Waals surface area contributed by atoms with Crippen LogP contribution in [0.4, 0.5) is 20.2 Å². The van der Waals surface area contributed by atoms with Crippen molar-refractivity contribution in [3.05, 3.63) is 47.2 Å². The van der Waals surface area contributed by atoms with E-state index in [0.29, 0.717) is 29.6 Å². The Balaban J connectivity index is 1.45. The summed E-state index contributed by atoms with van der Waals surface area (Å²) in [5.41, 5.74) is 0.230. The Hall–Kier alpha value is -4.09. The van der Waals surface area contributed by atoms with Crippen LogP contribution in [0.25, 0.3) is 0 Å². The fraction of sp³-hybridized carbons (Fsp3) is 0.435. The number of nitrogens with one attached hydrogen (secondary N) is 1. The molecule has 3 amide bonds. The Bertz CT molecular complexity index is 1160. The van der Waals surface area contributed by atoms with Gasteiger partial charge in [-0.3, -0.25) is 9.69 Å². The second-order valence-corrected chi connectivity index (χ2v) is 9.11. The number of carboxylic acid groups (broad SMARTS) is 2. The van der Waals surface area contributed by atoms with Crippen molar-refractivity contribution >= 4 is 30.0 Å². The maximum atomic E-state index is 13.1. The Morgan fingerprint density at radius 2 is 1.86 bits per heavy atom. The zero-order chi connectivity index (χ0) is 25.3. The summed E-state index contributed by atoms with van der Waals surface area (Å²) in [6.07, 6.45) is -1.98. The number of aromatic nitrogens is 2. The fourth-order valence-corrected chi connectivity index (χ4v) is 4.64. The van der Waals surface area contributed by atoms with Gasteiger partial charge >= 0.3 is 18.3 Å². The first-order valence-corrected chi connectivity index (χ1v) is 11.2. The lowest BCUT2D eigenvalue weighted by atomic mass is 9.97. The zero-order valence-electron chi connectivity index (χ0n) is 19.4. The molecule has 2 aliphatic heterocycles. The van der Waals surface area contributed by atoms with Gasteiger partial charge < -0.3 is 25.2 Å². The monoisotopic (exact) mass is 485 g/mol. The number of anilines is 1. The van der Waals surface area contributed by atoms with Crippen LogP contribution in [-0.2, 0) is 28.2 Å². The Kier molecular flexibility index (Phi) is 6.37. The molecule has 1 aromatic carbocycles. The fourth-order valence-electron chi connectivity index (χ4n) is 4.64. The molecule has 186 valence electrons. The lowest BCUT2D eigenvalue weighted by Gasteiger charge is -2.31. The summed E-state index contributed by atoms with van der Waals surface area (Å²) in [6, 6.07) is 9.27. The normalized spacial score (nSPS) is 18.6. The van der Waals surface area contributed by atoms with E-state index in [4.69, 9.17) is 4.74 Å². The number of ether oxygens (including phenoxy) is 1. The SMILES string of the molecule is CC1(C)c2c(c(NC(=O)C3CCCN(C(=O)OCc4ccccc4)C3)nn2C(=O)O)CN1C(=O)O. The predicted octanol–water partition coefficient (Wildman–Crippen LogP) is 3.13. The number of fused-ring (bicyclic) bond motifs is 1. The van der Waals surface area contributed by atoms with Crippen LogP contribution in [0.3, 0.4) is 0 Å². The third-order valence-electron chi connectivity index (χ3n) is 6.46. The molecule has 0 saturated carbocycles. The molecule has 1 aromatic heterocycles. The molecule has 0 bridgehead atoms. The Morgan fingerprint density at radius 1 is 1.14 bits per heavy atom. The minimum absolute atomic E-state index is 0.00741. The van der Waals surface area contributed by atoms with Crippen LogP contribution in [0.5, 0.6) is 0 Å². The number of amides is 3. The van der Waals surface area contributed by atoms with Crippen molar-refractivity contribution in [3.8, 4) is 0 Å². The maximum absolute atomic E-state index is 13.1. The number of carbonyl (C=O) groups is 4. The minimum Gasteiger partial charge on any atom is -0.465 e. The molecule has 1 saturated heterocycles. The molecule has 1 fully saturated rings. The minimum atomic E-state index is -1.38. The molecule has 2 aromatic rings. The lowest BCUT2D eigenvalue weighted by molar-refractivity contribution is -0.121. The third kappa shape index (κ3) is 4.63. The quantitative estimate of drug-likeness (QED) is 0.597. The number of hydrogen-bond acceptors (Lipinski definition) is 6. The van der Waals surface area contributed by atoms with Crippen LogP contribution < -0.4 is 5.32 Å². The average molecular weight is 485 g/mol. The van der Waals surface area contributed by atoms with Gasteiger partial charge in [-0.1, -0.05) is 30.3 Å². The van der Waals surface area contributed by atoms with E-state index in [9.17, 15) is 29.4 Å². The summed E-state index contributed by atoms with van der Waals surface area (Å²) < 4.78 is 6.08. The van der Waals surface area contributed by atoms with Crippen molar-refractivity contribution in [2.75, 3.05) is 18.4 Å². The van der Waals surface area contributed by atoms with Gasteiger partial charge in [0, 0.05) is 18.7 Å². The summed E-state index contributed by atoms with van der Waals surface area (Å²) in [5.74, 6) is -0.966. The molecule has 35 heavy (non-hydrogen) atoms. The van der Waals surface area contributed by atoms with Gasteiger partial charge in [-0.05, 0) is 32.3 Å². The number of benzene rings is 1. The van der Waals surface area contributed by atoms with E-state index >= 15 is 0 Å². The van der Waals surface area contributed by atoms with E-state index in [0.717, 1.165) is 10.5 Å². The Labute approximate surface area is 201 Å². The van der Waals surface area contributed by atoms with Gasteiger partial charge in [0.05, 0.1) is 23.7 Å². The van der Waals surface area contributed by atoms with Crippen molar-refractivity contribution in [2.24, 2.45) is 5.92 Å². The predicted molar refractivity (Wildman–Crippen MR) is 122 cm³/mol. The number of likely N-dealkylation sites (tertiary alicyclic amines) is 1. The highest BCUT2D eigenvalue weighted by atomic mass is 16.6. The van der Waals surface area contributed by atoms with Crippen molar-refractivity contribution in [2.45, 2.75) is 45.4 Å². The molecule has 0 aliphatic carbocycles. The van der Waals surface area contributed by atoms with Gasteiger partial charge in [-0.2, -0.15) is 4.68 Å². The van der Waals surface area contributed by atoms with Crippen molar-refractivity contribution < 1.29 is 34.1 Å². The molecule has 1 unspecified atom stereocenters. The van der Waals surface area contributed by atoms with Crippen molar-refractivity contribution in [1.29, 1.82) is 0 Å². The standard InChI is InChI=1S/C23H27N5O7/c1-23(2)17-16(12-27(23)20(30)31)18(25-28(17)21(32)33)24-19(29)15-9-6-10-26(11-15)22(34)35-13-14-7-4-3-5-8-14/h3-5,7-8,15H,6,9-13H2,1-2H3,(H,30,31)(H,32,33)(H,24,25,29). The van der Waals surface area contributed by atoms with E-state index in [1.54, 1.807) is 13.8 Å². The molecule has 4 rings (SSSR count). The molecule has 2 aliphatic rings. The summed E-state index contributed by atoms with van der Waals surface area (Å²) in [7, 11) is 0. The van der Waals surface area contributed by atoms with Crippen LogP contribution in [0, 0.1) is 5.92 Å². The highest BCUT2D eigenvalue weighted by Gasteiger charge is 2.47. The van der Waals surface area contributed by atoms with Crippen molar-refractivity contribution in [1.82, 2.24) is 19.6 Å². The largest absolute Gasteiger partial charge is 0.465 e. The first-order valence-electron chi connectivity index (χ1n) is 11.2. The first kappa shape index (κ1) is 24.0. The Morgan fingerprint density at radius 3 is 2.51 bits per heavy atom.